The third-order valence-electron chi connectivity index (χ3n) is 4.05. The molecule has 1 aromatic rings. The van der Waals surface area contributed by atoms with Crippen LogP contribution in [0.5, 0.6) is 0 Å². The molecule has 2 heterocycles. The summed E-state index contributed by atoms with van der Waals surface area (Å²) in [4.78, 5) is 5.30. The van der Waals surface area contributed by atoms with Crippen LogP contribution < -0.4 is 0 Å². The minimum Gasteiger partial charge on any atom is -0.378 e. The average molecular weight is 353 g/mol. The lowest BCUT2D eigenvalue weighted by Crippen LogP contribution is -2.41. The normalized spacial score (nSPS) is 19.8. The van der Waals surface area contributed by atoms with Crippen molar-refractivity contribution in [1.82, 2.24) is 9.80 Å². The minimum absolute atomic E-state index is 0.716. The van der Waals surface area contributed by atoms with Crippen molar-refractivity contribution in [2.24, 2.45) is 0 Å². The van der Waals surface area contributed by atoms with Gasteiger partial charge in [-0.05, 0) is 6.07 Å². The molecule has 3 rings (SSSR count). The van der Waals surface area contributed by atoms with Crippen molar-refractivity contribution in [3.63, 3.8) is 0 Å². The molecule has 124 valence electrons. The molecule has 0 saturated carbocycles. The van der Waals surface area contributed by atoms with E-state index < -0.39 is 0 Å². The zero-order valence-corrected chi connectivity index (χ0v) is 14.6. The fourth-order valence-electron chi connectivity index (χ4n) is 2.75. The van der Waals surface area contributed by atoms with Crippen LogP contribution in [0.15, 0.2) is 30.5 Å². The summed E-state index contributed by atoms with van der Waals surface area (Å²) in [6, 6.07) is 7.87. The lowest BCUT2D eigenvalue weighted by atomic mass is 10.1. The Morgan fingerprint density at radius 3 is 2.26 bits per heavy atom. The second-order valence-electron chi connectivity index (χ2n) is 5.58. The number of benzene rings is 1. The van der Waals surface area contributed by atoms with Crippen LogP contribution in [0.25, 0.3) is 5.57 Å². The predicted molar refractivity (Wildman–Crippen MR) is 96.8 cm³/mol. The van der Waals surface area contributed by atoms with Gasteiger partial charge >= 0.3 is 0 Å². The number of hydrogen-bond acceptors (Lipinski definition) is 4. The minimum atomic E-state index is 0.716. The smallest absolute Gasteiger partial charge is 0.111 e. The Morgan fingerprint density at radius 1 is 1.00 bits per heavy atom. The molecule has 0 spiro atoms. The zero-order chi connectivity index (χ0) is 16.1. The molecular formula is C17H21ClN2O2S. The molecule has 4 nitrogen and oxygen atoms in total. The first-order valence-electron chi connectivity index (χ1n) is 7.91. The van der Waals surface area contributed by atoms with E-state index in [4.69, 9.17) is 33.3 Å². The summed E-state index contributed by atoms with van der Waals surface area (Å²) in [5.41, 5.74) is 1.99. The molecule has 0 radical (unpaired) electrons. The molecule has 0 N–H and O–H groups in total. The highest BCUT2D eigenvalue weighted by atomic mass is 35.5. The van der Waals surface area contributed by atoms with E-state index in [1.165, 1.54) is 0 Å². The van der Waals surface area contributed by atoms with Gasteiger partial charge in [0.1, 0.15) is 4.99 Å². The van der Waals surface area contributed by atoms with E-state index in [0.717, 1.165) is 60.5 Å². The summed E-state index contributed by atoms with van der Waals surface area (Å²) in [6.45, 7) is 6.32. The van der Waals surface area contributed by atoms with Gasteiger partial charge in [-0.25, -0.2) is 0 Å². The van der Waals surface area contributed by atoms with Crippen LogP contribution in [0, 0.1) is 0 Å². The van der Waals surface area contributed by atoms with Crippen LogP contribution in [-0.4, -0.2) is 67.4 Å². The van der Waals surface area contributed by atoms with Crippen LogP contribution in [0.1, 0.15) is 5.56 Å². The molecule has 1 aromatic carbocycles. The number of halogens is 1. The van der Waals surface area contributed by atoms with Crippen molar-refractivity contribution in [2.75, 3.05) is 52.6 Å². The molecule has 0 amide bonds. The van der Waals surface area contributed by atoms with E-state index in [0.29, 0.717) is 13.2 Å². The molecule has 23 heavy (non-hydrogen) atoms. The fourth-order valence-corrected chi connectivity index (χ4v) is 3.33. The summed E-state index contributed by atoms with van der Waals surface area (Å²) in [6.07, 6.45) is 2.14. The first kappa shape index (κ1) is 16.7. The van der Waals surface area contributed by atoms with Gasteiger partial charge in [-0.15, -0.1) is 0 Å². The van der Waals surface area contributed by atoms with E-state index in [2.05, 4.69) is 16.0 Å². The molecular weight excluding hydrogens is 332 g/mol. The van der Waals surface area contributed by atoms with Gasteiger partial charge in [0.2, 0.25) is 0 Å². The third kappa shape index (κ3) is 4.23. The number of morpholine rings is 2. The van der Waals surface area contributed by atoms with E-state index in [1.54, 1.807) is 0 Å². The van der Waals surface area contributed by atoms with Gasteiger partial charge in [-0.2, -0.15) is 0 Å². The fraction of sp³-hybridized carbons (Fsp3) is 0.471. The van der Waals surface area contributed by atoms with E-state index >= 15 is 0 Å². The molecule has 2 fully saturated rings. The maximum Gasteiger partial charge on any atom is 0.111 e. The molecule has 2 aliphatic rings. The van der Waals surface area contributed by atoms with Crippen molar-refractivity contribution in [2.45, 2.75) is 0 Å². The maximum atomic E-state index is 6.43. The van der Waals surface area contributed by atoms with E-state index in [9.17, 15) is 0 Å². The molecule has 6 heteroatoms. The molecule has 2 saturated heterocycles. The van der Waals surface area contributed by atoms with Gasteiger partial charge in [-0.1, -0.05) is 42.0 Å². The van der Waals surface area contributed by atoms with Crippen LogP contribution in [0.3, 0.4) is 0 Å². The van der Waals surface area contributed by atoms with Crippen LogP contribution in [0.2, 0.25) is 5.02 Å². The van der Waals surface area contributed by atoms with Crippen LogP contribution in [-0.2, 0) is 9.47 Å². The SMILES string of the molecule is S=C(/C(=C/N1CCOCC1)c1ccccc1Cl)N1CCOCC1. The quantitative estimate of drug-likeness (QED) is 0.615. The monoisotopic (exact) mass is 352 g/mol. The Balaban J connectivity index is 1.90. The number of rotatable bonds is 3. The van der Waals surface area contributed by atoms with Crippen molar-refractivity contribution < 1.29 is 9.47 Å². The van der Waals surface area contributed by atoms with Crippen molar-refractivity contribution in [3.05, 3.63) is 41.1 Å². The highest BCUT2D eigenvalue weighted by Gasteiger charge is 2.21. The number of hydrogen-bond donors (Lipinski definition) is 0. The van der Waals surface area contributed by atoms with Crippen molar-refractivity contribution in [1.29, 1.82) is 0 Å². The zero-order valence-electron chi connectivity index (χ0n) is 13.0. The molecule has 0 atom stereocenters. The molecule has 0 aliphatic carbocycles. The van der Waals surface area contributed by atoms with Gasteiger partial charge < -0.3 is 19.3 Å². The largest absolute Gasteiger partial charge is 0.378 e. The molecule has 0 unspecified atom stereocenters. The standard InChI is InChI=1S/C17H21ClN2O2S/c18-16-4-2-1-3-14(16)15(13-19-5-9-21-10-6-19)17(23)20-7-11-22-12-8-20/h1-4,13H,5-12H2/b15-13+. The van der Waals surface area contributed by atoms with Gasteiger partial charge in [0.05, 0.1) is 26.4 Å². The van der Waals surface area contributed by atoms with Gasteiger partial charge in [0.25, 0.3) is 0 Å². The Bertz CT molecular complexity index is 582. The third-order valence-corrected chi connectivity index (χ3v) is 4.86. The lowest BCUT2D eigenvalue weighted by Gasteiger charge is -2.32. The molecule has 0 aromatic heterocycles. The predicted octanol–water partition coefficient (Wildman–Crippen LogP) is 2.67. The second kappa shape index (κ2) is 8.11. The highest BCUT2D eigenvalue weighted by Crippen LogP contribution is 2.27. The Kier molecular flexibility index (Phi) is 5.89. The summed E-state index contributed by atoms with van der Waals surface area (Å²) in [5, 5.41) is 0.725. The van der Waals surface area contributed by atoms with Crippen molar-refractivity contribution in [3.8, 4) is 0 Å². The summed E-state index contributed by atoms with van der Waals surface area (Å²) in [7, 11) is 0. The number of ether oxygens (including phenoxy) is 2. The highest BCUT2D eigenvalue weighted by molar-refractivity contribution is 7.81. The molecule has 2 aliphatic heterocycles. The topological polar surface area (TPSA) is 24.9 Å². The Labute approximate surface area is 147 Å². The van der Waals surface area contributed by atoms with Crippen LogP contribution in [0.4, 0.5) is 0 Å². The van der Waals surface area contributed by atoms with E-state index in [-0.39, 0.29) is 0 Å². The van der Waals surface area contributed by atoms with E-state index in [1.807, 2.05) is 24.3 Å². The summed E-state index contributed by atoms with van der Waals surface area (Å²) >= 11 is 12.2. The summed E-state index contributed by atoms with van der Waals surface area (Å²) < 4.78 is 10.9. The lowest BCUT2D eigenvalue weighted by molar-refractivity contribution is 0.0595. The van der Waals surface area contributed by atoms with Gasteiger partial charge in [0.15, 0.2) is 0 Å². The first-order chi connectivity index (χ1) is 11.3. The number of thiocarbonyl (C=S) groups is 1. The van der Waals surface area contributed by atoms with Crippen LogP contribution >= 0.6 is 23.8 Å². The summed E-state index contributed by atoms with van der Waals surface area (Å²) in [5.74, 6) is 0. The molecule has 0 bridgehead atoms. The second-order valence-corrected chi connectivity index (χ2v) is 6.37. The van der Waals surface area contributed by atoms with Gasteiger partial charge in [0, 0.05) is 48.5 Å². The Hall–Kier alpha value is -1.14. The number of nitrogens with zero attached hydrogens (tertiary/aromatic N) is 2. The Morgan fingerprint density at radius 2 is 1.61 bits per heavy atom. The first-order valence-corrected chi connectivity index (χ1v) is 8.70. The van der Waals surface area contributed by atoms with Gasteiger partial charge in [-0.3, -0.25) is 0 Å². The van der Waals surface area contributed by atoms with Crippen molar-refractivity contribution >= 4 is 34.4 Å². The maximum absolute atomic E-state index is 6.43. The average Bonchev–Trinajstić information content (AvgIpc) is 2.61.